The SMILES string of the molecule is O=S(=O)(Nc1nccs1)c1c(CO)sc2ccccc12. The molecule has 0 saturated heterocycles. The molecule has 0 radical (unpaired) electrons. The lowest BCUT2D eigenvalue weighted by atomic mass is 10.2. The van der Waals surface area contributed by atoms with Crippen molar-refractivity contribution in [1.82, 2.24) is 4.98 Å². The van der Waals surface area contributed by atoms with Gasteiger partial charge in [0.05, 0.1) is 11.5 Å². The highest BCUT2D eigenvalue weighted by molar-refractivity contribution is 7.93. The number of nitrogens with one attached hydrogen (secondary N) is 1. The van der Waals surface area contributed by atoms with Crippen molar-refractivity contribution in [3.05, 3.63) is 40.7 Å². The van der Waals surface area contributed by atoms with Crippen molar-refractivity contribution < 1.29 is 13.5 Å². The zero-order valence-corrected chi connectivity index (χ0v) is 12.6. The molecule has 0 aliphatic rings. The average Bonchev–Trinajstić information content (AvgIpc) is 3.04. The molecule has 3 rings (SSSR count). The second-order valence-corrected chi connectivity index (χ2v) is 7.60. The molecular weight excluding hydrogens is 316 g/mol. The highest BCUT2D eigenvalue weighted by Crippen LogP contribution is 2.35. The third-order valence-corrected chi connectivity index (χ3v) is 6.25. The van der Waals surface area contributed by atoms with Crippen molar-refractivity contribution in [2.75, 3.05) is 4.72 Å². The van der Waals surface area contributed by atoms with Crippen LogP contribution in [0.4, 0.5) is 5.13 Å². The van der Waals surface area contributed by atoms with Gasteiger partial charge in [0.1, 0.15) is 4.90 Å². The molecule has 2 N–H and O–H groups in total. The van der Waals surface area contributed by atoms with E-state index in [1.807, 2.05) is 12.1 Å². The van der Waals surface area contributed by atoms with E-state index in [4.69, 9.17) is 0 Å². The summed E-state index contributed by atoms with van der Waals surface area (Å²) in [6, 6.07) is 7.19. The Labute approximate surface area is 123 Å². The molecule has 0 fully saturated rings. The summed E-state index contributed by atoms with van der Waals surface area (Å²) in [5.74, 6) is 0. The first kappa shape index (κ1) is 13.5. The third kappa shape index (κ3) is 2.31. The summed E-state index contributed by atoms with van der Waals surface area (Å²) in [6.07, 6.45) is 1.53. The number of thiazole rings is 1. The Kier molecular flexibility index (Phi) is 3.47. The molecule has 0 bridgehead atoms. The average molecular weight is 326 g/mol. The van der Waals surface area contributed by atoms with Crippen LogP contribution >= 0.6 is 22.7 Å². The van der Waals surface area contributed by atoms with Crippen LogP contribution in [0.15, 0.2) is 40.7 Å². The van der Waals surface area contributed by atoms with E-state index < -0.39 is 10.0 Å². The van der Waals surface area contributed by atoms with Gasteiger partial charge in [-0.3, -0.25) is 4.72 Å². The van der Waals surface area contributed by atoms with E-state index in [2.05, 4.69) is 9.71 Å². The number of fused-ring (bicyclic) bond motifs is 1. The number of anilines is 1. The molecule has 0 aliphatic heterocycles. The molecule has 2 aromatic heterocycles. The number of sulfonamides is 1. The molecule has 0 amide bonds. The van der Waals surface area contributed by atoms with Gasteiger partial charge in [0.2, 0.25) is 0 Å². The summed E-state index contributed by atoms with van der Waals surface area (Å²) in [6.45, 7) is -0.312. The monoisotopic (exact) mass is 326 g/mol. The van der Waals surface area contributed by atoms with E-state index in [1.165, 1.54) is 28.9 Å². The highest BCUT2D eigenvalue weighted by atomic mass is 32.2. The van der Waals surface area contributed by atoms with Gasteiger partial charge in [-0.1, -0.05) is 18.2 Å². The fraction of sp³-hybridized carbons (Fsp3) is 0.0833. The van der Waals surface area contributed by atoms with Crippen LogP contribution in [-0.2, 0) is 16.6 Å². The second-order valence-electron chi connectivity index (χ2n) is 3.95. The molecule has 104 valence electrons. The number of aliphatic hydroxyl groups is 1. The first-order valence-corrected chi connectivity index (χ1v) is 8.83. The molecule has 1 aromatic carbocycles. The number of nitrogens with zero attached hydrogens (tertiary/aromatic N) is 1. The number of hydrogen-bond donors (Lipinski definition) is 2. The number of benzene rings is 1. The number of rotatable bonds is 4. The van der Waals surface area contributed by atoms with Crippen LogP contribution in [0.1, 0.15) is 4.88 Å². The van der Waals surface area contributed by atoms with Gasteiger partial charge in [-0.05, 0) is 6.07 Å². The molecule has 0 unspecified atom stereocenters. The standard InChI is InChI=1S/C12H10N2O3S3/c15-7-10-11(8-3-1-2-4-9(8)19-10)20(16,17)14-12-13-5-6-18-12/h1-6,15H,7H2,(H,13,14). The Hall–Kier alpha value is -1.48. The molecule has 0 spiro atoms. The maximum atomic E-state index is 12.5. The second kappa shape index (κ2) is 5.13. The molecule has 20 heavy (non-hydrogen) atoms. The lowest BCUT2D eigenvalue weighted by Crippen LogP contribution is -2.13. The van der Waals surface area contributed by atoms with E-state index in [-0.39, 0.29) is 11.5 Å². The van der Waals surface area contributed by atoms with Crippen LogP contribution in [0.2, 0.25) is 0 Å². The first-order valence-electron chi connectivity index (χ1n) is 5.65. The number of aliphatic hydroxyl groups excluding tert-OH is 1. The zero-order chi connectivity index (χ0) is 14.2. The largest absolute Gasteiger partial charge is 0.391 e. The molecular formula is C12H10N2O3S3. The predicted octanol–water partition coefficient (Wildman–Crippen LogP) is 2.65. The predicted molar refractivity (Wildman–Crippen MR) is 80.7 cm³/mol. The smallest absolute Gasteiger partial charge is 0.265 e. The molecule has 5 nitrogen and oxygen atoms in total. The lowest BCUT2D eigenvalue weighted by molar-refractivity contribution is 0.283. The van der Waals surface area contributed by atoms with E-state index in [0.29, 0.717) is 15.4 Å². The van der Waals surface area contributed by atoms with Crippen molar-refractivity contribution in [2.24, 2.45) is 0 Å². The van der Waals surface area contributed by atoms with Gasteiger partial charge in [-0.25, -0.2) is 13.4 Å². The van der Waals surface area contributed by atoms with Crippen LogP contribution in [0, 0.1) is 0 Å². The van der Waals surface area contributed by atoms with Gasteiger partial charge in [-0.2, -0.15) is 0 Å². The number of thiophene rings is 1. The normalized spacial score (nSPS) is 11.8. The number of hydrogen-bond acceptors (Lipinski definition) is 6. The van der Waals surface area contributed by atoms with E-state index in [0.717, 1.165) is 4.70 Å². The van der Waals surface area contributed by atoms with Gasteiger partial charge in [0, 0.05) is 21.7 Å². The van der Waals surface area contributed by atoms with E-state index in [1.54, 1.807) is 17.5 Å². The molecule has 0 saturated carbocycles. The van der Waals surface area contributed by atoms with Crippen LogP contribution in [-0.4, -0.2) is 18.5 Å². The van der Waals surface area contributed by atoms with Crippen LogP contribution in [0.5, 0.6) is 0 Å². The Morgan fingerprint density at radius 3 is 2.80 bits per heavy atom. The Morgan fingerprint density at radius 1 is 1.30 bits per heavy atom. The van der Waals surface area contributed by atoms with E-state index >= 15 is 0 Å². The molecule has 0 aliphatic carbocycles. The van der Waals surface area contributed by atoms with Gasteiger partial charge >= 0.3 is 0 Å². The van der Waals surface area contributed by atoms with Gasteiger partial charge in [-0.15, -0.1) is 22.7 Å². The van der Waals surface area contributed by atoms with Crippen LogP contribution < -0.4 is 4.72 Å². The van der Waals surface area contributed by atoms with Crippen LogP contribution in [0.3, 0.4) is 0 Å². The zero-order valence-electron chi connectivity index (χ0n) is 10.1. The highest BCUT2D eigenvalue weighted by Gasteiger charge is 2.24. The topological polar surface area (TPSA) is 79.3 Å². The van der Waals surface area contributed by atoms with E-state index in [9.17, 15) is 13.5 Å². The molecule has 2 heterocycles. The van der Waals surface area contributed by atoms with Gasteiger partial charge < -0.3 is 5.11 Å². The van der Waals surface area contributed by atoms with Crippen molar-refractivity contribution >= 4 is 47.9 Å². The number of aromatic nitrogens is 1. The van der Waals surface area contributed by atoms with Gasteiger partial charge in [0.15, 0.2) is 5.13 Å². The van der Waals surface area contributed by atoms with Crippen molar-refractivity contribution in [1.29, 1.82) is 0 Å². The fourth-order valence-corrected chi connectivity index (χ4v) is 5.50. The fourth-order valence-electron chi connectivity index (χ4n) is 1.91. The molecule has 0 atom stereocenters. The third-order valence-electron chi connectivity index (χ3n) is 2.68. The summed E-state index contributed by atoms with van der Waals surface area (Å²) in [4.78, 5) is 4.48. The van der Waals surface area contributed by atoms with Crippen molar-refractivity contribution in [2.45, 2.75) is 11.5 Å². The Bertz CT molecular complexity index is 838. The van der Waals surface area contributed by atoms with Crippen molar-refractivity contribution in [3.63, 3.8) is 0 Å². The molecule has 3 aromatic rings. The minimum atomic E-state index is -3.76. The quantitative estimate of drug-likeness (QED) is 0.772. The Morgan fingerprint density at radius 2 is 2.10 bits per heavy atom. The maximum Gasteiger partial charge on any atom is 0.265 e. The minimum absolute atomic E-state index is 0.135. The van der Waals surface area contributed by atoms with Crippen LogP contribution in [0.25, 0.3) is 10.1 Å². The maximum absolute atomic E-state index is 12.5. The summed E-state index contributed by atoms with van der Waals surface area (Å²) in [5.41, 5.74) is 0. The van der Waals surface area contributed by atoms with Crippen molar-refractivity contribution in [3.8, 4) is 0 Å². The Balaban J connectivity index is 2.17. The summed E-state index contributed by atoms with van der Waals surface area (Å²) >= 11 is 2.48. The summed E-state index contributed by atoms with van der Waals surface area (Å²) in [5, 5.41) is 12.0. The molecule has 8 heteroatoms. The summed E-state index contributed by atoms with van der Waals surface area (Å²) in [7, 11) is -3.76. The summed E-state index contributed by atoms with van der Waals surface area (Å²) < 4.78 is 28.3. The lowest BCUT2D eigenvalue weighted by Gasteiger charge is -2.06. The minimum Gasteiger partial charge on any atom is -0.391 e. The first-order chi connectivity index (χ1) is 9.62. The van der Waals surface area contributed by atoms with Gasteiger partial charge in [0.25, 0.3) is 10.0 Å².